The monoisotopic (exact) mass is 370 g/mol. The van der Waals surface area contributed by atoms with Gasteiger partial charge in [-0.25, -0.2) is 0 Å². The second-order valence-electron chi connectivity index (χ2n) is 5.65. The maximum atomic E-state index is 11.2. The first-order chi connectivity index (χ1) is 12.1. The zero-order valence-electron chi connectivity index (χ0n) is 13.3. The van der Waals surface area contributed by atoms with E-state index in [1.807, 2.05) is 48.7 Å². The van der Waals surface area contributed by atoms with Gasteiger partial charge in [-0.3, -0.25) is 4.79 Å². The summed E-state index contributed by atoms with van der Waals surface area (Å²) in [5.74, 6) is -0.196. The van der Waals surface area contributed by atoms with Crippen molar-refractivity contribution in [3.8, 4) is 11.4 Å². The fourth-order valence-electron chi connectivity index (χ4n) is 2.60. The van der Waals surface area contributed by atoms with Crippen molar-refractivity contribution >= 4 is 34.8 Å². The average Bonchev–Trinajstić information content (AvgIpc) is 3.23. The number of rotatable bonds is 4. The molecular formula is C17H14N4O2S2. The highest BCUT2D eigenvalue weighted by Gasteiger charge is 2.31. The van der Waals surface area contributed by atoms with Gasteiger partial charge in [0.25, 0.3) is 0 Å². The van der Waals surface area contributed by atoms with Crippen LogP contribution in [-0.4, -0.2) is 36.9 Å². The van der Waals surface area contributed by atoms with Gasteiger partial charge >= 0.3 is 5.97 Å². The highest BCUT2D eigenvalue weighted by Crippen LogP contribution is 2.35. The van der Waals surface area contributed by atoms with Crippen molar-refractivity contribution in [2.45, 2.75) is 23.8 Å². The van der Waals surface area contributed by atoms with Crippen LogP contribution in [0.2, 0.25) is 0 Å². The lowest BCUT2D eigenvalue weighted by Gasteiger charge is -2.21. The van der Waals surface area contributed by atoms with Gasteiger partial charge in [0.1, 0.15) is 0 Å². The second kappa shape index (κ2) is 6.45. The van der Waals surface area contributed by atoms with Crippen molar-refractivity contribution in [1.82, 2.24) is 14.9 Å². The molecule has 1 aliphatic heterocycles. The number of aliphatic carboxylic acids is 1. The SMILES string of the molecule is Cc1ccc(-c2nnc3n2N=C(c2cccs2)C(CC(=O)O)S3)cc1. The van der Waals surface area contributed by atoms with Gasteiger partial charge in [0, 0.05) is 5.56 Å². The van der Waals surface area contributed by atoms with Crippen LogP contribution in [0.4, 0.5) is 0 Å². The lowest BCUT2D eigenvalue weighted by Crippen LogP contribution is -2.26. The van der Waals surface area contributed by atoms with Gasteiger partial charge in [-0.15, -0.1) is 21.5 Å². The number of aromatic nitrogens is 3. The summed E-state index contributed by atoms with van der Waals surface area (Å²) >= 11 is 2.94. The molecule has 0 spiro atoms. The fourth-order valence-corrected chi connectivity index (χ4v) is 4.52. The van der Waals surface area contributed by atoms with Crippen LogP contribution in [0.25, 0.3) is 11.4 Å². The summed E-state index contributed by atoms with van der Waals surface area (Å²) in [4.78, 5) is 12.2. The Hall–Kier alpha value is -2.45. The van der Waals surface area contributed by atoms with E-state index >= 15 is 0 Å². The van der Waals surface area contributed by atoms with Crippen LogP contribution >= 0.6 is 23.1 Å². The summed E-state index contributed by atoms with van der Waals surface area (Å²) in [6.07, 6.45) is -0.00583. The van der Waals surface area contributed by atoms with Crippen LogP contribution < -0.4 is 0 Å². The van der Waals surface area contributed by atoms with Gasteiger partial charge in [-0.2, -0.15) is 9.78 Å². The first-order valence-corrected chi connectivity index (χ1v) is 9.41. The molecule has 0 fully saturated rings. The lowest BCUT2D eigenvalue weighted by atomic mass is 10.1. The van der Waals surface area contributed by atoms with E-state index in [-0.39, 0.29) is 11.7 Å². The lowest BCUT2D eigenvalue weighted by molar-refractivity contribution is -0.136. The number of nitrogens with zero attached hydrogens (tertiary/aromatic N) is 4. The van der Waals surface area contributed by atoms with Crippen LogP contribution in [0.3, 0.4) is 0 Å². The summed E-state index contributed by atoms with van der Waals surface area (Å²) in [7, 11) is 0. The van der Waals surface area contributed by atoms with E-state index in [4.69, 9.17) is 5.10 Å². The number of benzene rings is 1. The second-order valence-corrected chi connectivity index (χ2v) is 7.77. The molecule has 1 atom stereocenters. The molecule has 8 heteroatoms. The van der Waals surface area contributed by atoms with Gasteiger partial charge in [0.15, 0.2) is 5.82 Å². The number of hydrogen-bond acceptors (Lipinski definition) is 6. The Labute approximate surface area is 152 Å². The highest BCUT2D eigenvalue weighted by molar-refractivity contribution is 8.00. The highest BCUT2D eigenvalue weighted by atomic mass is 32.2. The minimum Gasteiger partial charge on any atom is -0.481 e. The van der Waals surface area contributed by atoms with Crippen molar-refractivity contribution in [1.29, 1.82) is 0 Å². The molecule has 1 N–H and O–H groups in total. The zero-order chi connectivity index (χ0) is 17.4. The zero-order valence-corrected chi connectivity index (χ0v) is 14.9. The summed E-state index contributed by atoms with van der Waals surface area (Å²) in [6.45, 7) is 2.03. The van der Waals surface area contributed by atoms with Crippen LogP contribution in [0.5, 0.6) is 0 Å². The summed E-state index contributed by atoms with van der Waals surface area (Å²) < 4.78 is 1.71. The number of fused-ring (bicyclic) bond motifs is 1. The molecular weight excluding hydrogens is 356 g/mol. The Balaban J connectivity index is 1.81. The van der Waals surface area contributed by atoms with Crippen molar-refractivity contribution < 1.29 is 9.90 Å². The maximum Gasteiger partial charge on any atom is 0.304 e. The van der Waals surface area contributed by atoms with Crippen molar-refractivity contribution in [2.75, 3.05) is 0 Å². The molecule has 0 bridgehead atoms. The molecule has 6 nitrogen and oxygen atoms in total. The Morgan fingerprint density at radius 3 is 2.72 bits per heavy atom. The Morgan fingerprint density at radius 1 is 1.24 bits per heavy atom. The third kappa shape index (κ3) is 3.10. The summed E-state index contributed by atoms with van der Waals surface area (Å²) in [5, 5.41) is 24.7. The quantitative estimate of drug-likeness (QED) is 0.760. The molecule has 2 aromatic heterocycles. The van der Waals surface area contributed by atoms with Crippen LogP contribution in [0, 0.1) is 6.92 Å². The average molecular weight is 370 g/mol. The van der Waals surface area contributed by atoms with E-state index in [1.165, 1.54) is 17.3 Å². The molecule has 3 heterocycles. The first-order valence-electron chi connectivity index (χ1n) is 7.65. The molecule has 0 saturated carbocycles. The van der Waals surface area contributed by atoms with Crippen LogP contribution in [-0.2, 0) is 4.79 Å². The van der Waals surface area contributed by atoms with Crippen molar-refractivity contribution in [2.24, 2.45) is 5.10 Å². The van der Waals surface area contributed by atoms with Crippen molar-refractivity contribution in [3.63, 3.8) is 0 Å². The molecule has 126 valence electrons. The predicted molar refractivity (Wildman–Crippen MR) is 98.3 cm³/mol. The fraction of sp³-hybridized carbons (Fsp3) is 0.176. The molecule has 0 saturated heterocycles. The number of carboxylic acid groups (broad SMARTS) is 1. The Kier molecular flexibility index (Phi) is 4.14. The van der Waals surface area contributed by atoms with Gasteiger partial charge in [0.2, 0.25) is 5.16 Å². The van der Waals surface area contributed by atoms with E-state index in [9.17, 15) is 9.90 Å². The largest absolute Gasteiger partial charge is 0.481 e. The molecule has 4 rings (SSSR count). The third-order valence-electron chi connectivity index (χ3n) is 3.82. The third-order valence-corrected chi connectivity index (χ3v) is 5.85. The smallest absolute Gasteiger partial charge is 0.304 e. The first kappa shape index (κ1) is 16.0. The molecule has 3 aromatic rings. The van der Waals surface area contributed by atoms with E-state index in [2.05, 4.69) is 10.2 Å². The van der Waals surface area contributed by atoms with Crippen molar-refractivity contribution in [3.05, 3.63) is 52.2 Å². The van der Waals surface area contributed by atoms with Gasteiger partial charge in [0.05, 0.1) is 22.3 Å². The number of carboxylic acids is 1. The Bertz CT molecular complexity index is 946. The van der Waals surface area contributed by atoms with Crippen LogP contribution in [0.1, 0.15) is 16.9 Å². The predicted octanol–water partition coefficient (Wildman–Crippen LogP) is 3.52. The number of thiophene rings is 1. The molecule has 0 aliphatic carbocycles. The number of aryl methyl sites for hydroxylation is 1. The topological polar surface area (TPSA) is 80.4 Å². The van der Waals surface area contributed by atoms with Gasteiger partial charge < -0.3 is 5.11 Å². The number of hydrogen-bond donors (Lipinski definition) is 1. The molecule has 0 radical (unpaired) electrons. The van der Waals surface area contributed by atoms with E-state index < -0.39 is 5.97 Å². The summed E-state index contributed by atoms with van der Waals surface area (Å²) in [5.41, 5.74) is 2.85. The number of carbonyl (C=O) groups is 1. The maximum absolute atomic E-state index is 11.2. The normalized spacial score (nSPS) is 16.4. The van der Waals surface area contributed by atoms with Gasteiger partial charge in [-0.05, 0) is 18.4 Å². The standard InChI is InChI=1S/C17H14N4O2S2/c1-10-4-6-11(7-5-10)16-18-19-17-21(16)20-15(12-3-2-8-24-12)13(25-17)9-14(22)23/h2-8,13H,9H2,1H3,(H,22,23). The Morgan fingerprint density at radius 2 is 2.04 bits per heavy atom. The van der Waals surface area contributed by atoms with E-state index in [0.29, 0.717) is 11.0 Å². The summed E-state index contributed by atoms with van der Waals surface area (Å²) in [6, 6.07) is 11.9. The molecule has 1 aromatic carbocycles. The van der Waals surface area contributed by atoms with Crippen LogP contribution in [0.15, 0.2) is 52.0 Å². The van der Waals surface area contributed by atoms with Gasteiger partial charge in [-0.1, -0.05) is 47.7 Å². The molecule has 0 amide bonds. The molecule has 25 heavy (non-hydrogen) atoms. The molecule has 1 unspecified atom stereocenters. The van der Waals surface area contributed by atoms with E-state index in [0.717, 1.165) is 16.2 Å². The minimum absolute atomic E-state index is 0.00583. The molecule has 1 aliphatic rings. The van der Waals surface area contributed by atoms with E-state index in [1.54, 1.807) is 16.0 Å². The number of thioether (sulfide) groups is 1. The minimum atomic E-state index is -0.853.